The van der Waals surface area contributed by atoms with Crippen LogP contribution >= 0.6 is 0 Å². The monoisotopic (exact) mass is 288 g/mol. The van der Waals surface area contributed by atoms with Crippen LogP contribution in [0.4, 0.5) is 0 Å². The molecule has 2 rings (SSSR count). The predicted molar refractivity (Wildman–Crippen MR) is 82.5 cm³/mol. The van der Waals surface area contributed by atoms with Crippen molar-refractivity contribution in [1.29, 1.82) is 0 Å². The molecule has 0 aliphatic carbocycles. The summed E-state index contributed by atoms with van der Waals surface area (Å²) in [6.45, 7) is 5.27. The molecule has 4 heteroatoms. The predicted octanol–water partition coefficient (Wildman–Crippen LogP) is 2.34. The molecule has 0 bridgehead atoms. The Bertz CT molecular complexity index is 485. The van der Waals surface area contributed by atoms with Gasteiger partial charge in [0.15, 0.2) is 0 Å². The molecule has 1 aromatic rings. The van der Waals surface area contributed by atoms with E-state index in [0.717, 1.165) is 18.4 Å². The molecular weight excluding hydrogens is 264 g/mol. The second-order valence-electron chi connectivity index (χ2n) is 6.05. The van der Waals surface area contributed by atoms with Crippen LogP contribution in [0.25, 0.3) is 0 Å². The van der Waals surface area contributed by atoms with E-state index in [1.807, 2.05) is 44.2 Å². The van der Waals surface area contributed by atoms with E-state index in [-0.39, 0.29) is 17.9 Å². The van der Waals surface area contributed by atoms with Crippen LogP contribution in [0.3, 0.4) is 0 Å². The number of amides is 2. The zero-order chi connectivity index (χ0) is 15.2. The summed E-state index contributed by atoms with van der Waals surface area (Å²) in [6.07, 6.45) is 2.19. The second-order valence-corrected chi connectivity index (χ2v) is 6.05. The van der Waals surface area contributed by atoms with Crippen LogP contribution in [-0.4, -0.2) is 29.3 Å². The Morgan fingerprint density at radius 1 is 1.29 bits per heavy atom. The van der Waals surface area contributed by atoms with Gasteiger partial charge < -0.3 is 10.2 Å². The molecule has 2 amide bonds. The Kier molecular flexibility index (Phi) is 5.37. The second kappa shape index (κ2) is 7.25. The van der Waals surface area contributed by atoms with Gasteiger partial charge in [0.25, 0.3) is 0 Å². The average molecular weight is 288 g/mol. The van der Waals surface area contributed by atoms with Crippen molar-refractivity contribution < 1.29 is 9.59 Å². The average Bonchev–Trinajstić information content (AvgIpc) is 2.95. The van der Waals surface area contributed by atoms with Crippen LogP contribution < -0.4 is 5.32 Å². The first kappa shape index (κ1) is 15.5. The number of nitrogens with zero attached hydrogens (tertiary/aromatic N) is 1. The molecule has 1 heterocycles. The van der Waals surface area contributed by atoms with Gasteiger partial charge in [-0.2, -0.15) is 0 Å². The van der Waals surface area contributed by atoms with Crippen molar-refractivity contribution in [3.8, 4) is 0 Å². The fourth-order valence-corrected chi connectivity index (χ4v) is 2.71. The van der Waals surface area contributed by atoms with Gasteiger partial charge in [-0.3, -0.25) is 9.59 Å². The third-order valence-corrected chi connectivity index (χ3v) is 3.77. The van der Waals surface area contributed by atoms with E-state index in [9.17, 15) is 9.59 Å². The van der Waals surface area contributed by atoms with E-state index in [0.29, 0.717) is 25.4 Å². The highest BCUT2D eigenvalue weighted by molar-refractivity contribution is 5.88. The van der Waals surface area contributed by atoms with E-state index in [4.69, 9.17) is 0 Å². The first-order valence-electron chi connectivity index (χ1n) is 7.69. The van der Waals surface area contributed by atoms with Crippen molar-refractivity contribution in [2.75, 3.05) is 6.54 Å². The van der Waals surface area contributed by atoms with E-state index >= 15 is 0 Å². The SMILES string of the molecule is CC(C)CC(=O)N1CCCC1C(=O)NCc1ccccc1. The van der Waals surface area contributed by atoms with E-state index < -0.39 is 0 Å². The Morgan fingerprint density at radius 2 is 2.00 bits per heavy atom. The summed E-state index contributed by atoms with van der Waals surface area (Å²) in [7, 11) is 0. The number of benzene rings is 1. The van der Waals surface area contributed by atoms with Gasteiger partial charge >= 0.3 is 0 Å². The van der Waals surface area contributed by atoms with E-state index in [2.05, 4.69) is 5.32 Å². The molecule has 1 N–H and O–H groups in total. The summed E-state index contributed by atoms with van der Waals surface area (Å²) >= 11 is 0. The summed E-state index contributed by atoms with van der Waals surface area (Å²) in [5, 5.41) is 2.95. The molecule has 0 aromatic heterocycles. The summed E-state index contributed by atoms with van der Waals surface area (Å²) in [5.41, 5.74) is 1.07. The molecule has 0 radical (unpaired) electrons. The number of hydrogen-bond donors (Lipinski definition) is 1. The van der Waals surface area contributed by atoms with Crippen molar-refractivity contribution in [2.24, 2.45) is 5.92 Å². The Labute approximate surface area is 126 Å². The number of likely N-dealkylation sites (tertiary alicyclic amines) is 1. The first-order valence-corrected chi connectivity index (χ1v) is 7.69. The fourth-order valence-electron chi connectivity index (χ4n) is 2.71. The van der Waals surface area contributed by atoms with Crippen LogP contribution in [0.1, 0.15) is 38.7 Å². The van der Waals surface area contributed by atoms with Crippen molar-refractivity contribution in [2.45, 2.75) is 45.7 Å². The highest BCUT2D eigenvalue weighted by Gasteiger charge is 2.33. The zero-order valence-corrected chi connectivity index (χ0v) is 12.8. The topological polar surface area (TPSA) is 49.4 Å². The van der Waals surface area contributed by atoms with Gasteiger partial charge in [0.2, 0.25) is 11.8 Å². The quantitative estimate of drug-likeness (QED) is 0.904. The standard InChI is InChI=1S/C17H24N2O2/c1-13(2)11-16(20)19-10-6-9-15(19)17(21)18-12-14-7-4-3-5-8-14/h3-5,7-8,13,15H,6,9-12H2,1-2H3,(H,18,21). The van der Waals surface area contributed by atoms with Crippen molar-refractivity contribution >= 4 is 11.8 Å². The van der Waals surface area contributed by atoms with Gasteiger partial charge in [-0.1, -0.05) is 44.2 Å². The molecule has 1 unspecified atom stereocenters. The molecule has 1 atom stereocenters. The van der Waals surface area contributed by atoms with Crippen LogP contribution in [0.5, 0.6) is 0 Å². The minimum absolute atomic E-state index is 0.0338. The molecule has 1 aliphatic heterocycles. The lowest BCUT2D eigenvalue weighted by atomic mass is 10.1. The molecule has 1 saturated heterocycles. The third kappa shape index (κ3) is 4.31. The molecule has 1 fully saturated rings. The Balaban J connectivity index is 1.90. The molecule has 0 spiro atoms. The number of carbonyl (C=O) groups is 2. The van der Waals surface area contributed by atoms with Gasteiger partial charge in [0.05, 0.1) is 0 Å². The molecule has 21 heavy (non-hydrogen) atoms. The highest BCUT2D eigenvalue weighted by atomic mass is 16.2. The number of nitrogens with one attached hydrogen (secondary N) is 1. The minimum atomic E-state index is -0.292. The molecule has 1 aromatic carbocycles. The van der Waals surface area contributed by atoms with Crippen molar-refractivity contribution in [1.82, 2.24) is 10.2 Å². The zero-order valence-electron chi connectivity index (χ0n) is 12.8. The maximum atomic E-state index is 12.3. The summed E-state index contributed by atoms with van der Waals surface area (Å²) < 4.78 is 0. The van der Waals surface area contributed by atoms with Gasteiger partial charge in [0, 0.05) is 19.5 Å². The highest BCUT2D eigenvalue weighted by Crippen LogP contribution is 2.20. The van der Waals surface area contributed by atoms with Crippen LogP contribution in [0, 0.1) is 5.92 Å². The van der Waals surface area contributed by atoms with Crippen LogP contribution in [-0.2, 0) is 16.1 Å². The smallest absolute Gasteiger partial charge is 0.243 e. The maximum Gasteiger partial charge on any atom is 0.243 e. The molecule has 4 nitrogen and oxygen atoms in total. The van der Waals surface area contributed by atoms with Crippen molar-refractivity contribution in [3.63, 3.8) is 0 Å². The van der Waals surface area contributed by atoms with E-state index in [1.165, 1.54) is 0 Å². The van der Waals surface area contributed by atoms with Crippen LogP contribution in [0.2, 0.25) is 0 Å². The Morgan fingerprint density at radius 3 is 2.67 bits per heavy atom. The Hall–Kier alpha value is -1.84. The lowest BCUT2D eigenvalue weighted by Crippen LogP contribution is -2.46. The lowest BCUT2D eigenvalue weighted by molar-refractivity contribution is -0.139. The van der Waals surface area contributed by atoms with Crippen molar-refractivity contribution in [3.05, 3.63) is 35.9 Å². The maximum absolute atomic E-state index is 12.3. The van der Waals surface area contributed by atoms with Crippen LogP contribution in [0.15, 0.2) is 30.3 Å². The van der Waals surface area contributed by atoms with Gasteiger partial charge in [0.1, 0.15) is 6.04 Å². The number of hydrogen-bond acceptors (Lipinski definition) is 2. The minimum Gasteiger partial charge on any atom is -0.350 e. The van der Waals surface area contributed by atoms with Gasteiger partial charge in [-0.25, -0.2) is 0 Å². The summed E-state index contributed by atoms with van der Waals surface area (Å²) in [5.74, 6) is 0.391. The lowest BCUT2D eigenvalue weighted by Gasteiger charge is -2.24. The molecule has 0 saturated carbocycles. The summed E-state index contributed by atoms with van der Waals surface area (Å²) in [4.78, 5) is 26.3. The summed E-state index contributed by atoms with van der Waals surface area (Å²) in [6, 6.07) is 9.53. The third-order valence-electron chi connectivity index (χ3n) is 3.77. The molecular formula is C17H24N2O2. The molecule has 1 aliphatic rings. The largest absolute Gasteiger partial charge is 0.350 e. The first-order chi connectivity index (χ1) is 10.1. The van der Waals surface area contributed by atoms with Gasteiger partial charge in [-0.15, -0.1) is 0 Å². The molecule has 114 valence electrons. The fraction of sp³-hybridized carbons (Fsp3) is 0.529. The van der Waals surface area contributed by atoms with E-state index in [1.54, 1.807) is 4.90 Å². The normalized spacial score (nSPS) is 18.0. The number of rotatable bonds is 5. The number of carbonyl (C=O) groups excluding carboxylic acids is 2. The van der Waals surface area contributed by atoms with Gasteiger partial charge in [-0.05, 0) is 24.3 Å².